The first-order valence-corrected chi connectivity index (χ1v) is 9.92. The largest absolute Gasteiger partial charge is 0.508 e. The molecule has 2 aromatic rings. The van der Waals surface area contributed by atoms with E-state index in [0.29, 0.717) is 12.3 Å². The van der Waals surface area contributed by atoms with Crippen molar-refractivity contribution in [1.29, 1.82) is 0 Å². The molecule has 1 aliphatic rings. The molecule has 0 aliphatic carbocycles. The van der Waals surface area contributed by atoms with Crippen LogP contribution in [0.5, 0.6) is 17.2 Å². The highest BCUT2D eigenvalue weighted by Gasteiger charge is 2.20. The van der Waals surface area contributed by atoms with Crippen LogP contribution in [0.2, 0.25) is 0 Å². The number of hydrogen-bond acceptors (Lipinski definition) is 5. The quantitative estimate of drug-likeness (QED) is 0.576. The molecule has 7 nitrogen and oxygen atoms in total. The molecule has 1 fully saturated rings. The molecule has 0 amide bonds. The Morgan fingerprint density at radius 2 is 1.76 bits per heavy atom. The van der Waals surface area contributed by atoms with Crippen LogP contribution < -0.4 is 19.7 Å². The van der Waals surface area contributed by atoms with Crippen molar-refractivity contribution in [2.24, 2.45) is 4.99 Å². The van der Waals surface area contributed by atoms with Crippen molar-refractivity contribution in [3.63, 3.8) is 0 Å². The van der Waals surface area contributed by atoms with Crippen LogP contribution >= 0.6 is 0 Å². The van der Waals surface area contributed by atoms with Crippen molar-refractivity contribution in [1.82, 2.24) is 10.2 Å². The van der Waals surface area contributed by atoms with E-state index < -0.39 is 0 Å². The molecule has 2 N–H and O–H groups in total. The summed E-state index contributed by atoms with van der Waals surface area (Å²) >= 11 is 0. The lowest BCUT2D eigenvalue weighted by atomic mass is 10.2. The zero-order chi connectivity index (χ0) is 20.6. The predicted octanol–water partition coefficient (Wildman–Crippen LogP) is 2.70. The Hall–Kier alpha value is -3.09. The number of nitrogens with one attached hydrogen (secondary N) is 1. The van der Waals surface area contributed by atoms with E-state index in [9.17, 15) is 5.11 Å². The summed E-state index contributed by atoms with van der Waals surface area (Å²) in [5, 5.41) is 13.5. The van der Waals surface area contributed by atoms with Gasteiger partial charge in [0, 0.05) is 50.0 Å². The molecule has 0 bridgehead atoms. The summed E-state index contributed by atoms with van der Waals surface area (Å²) in [6.07, 6.45) is 0. The zero-order valence-electron chi connectivity index (χ0n) is 17.4. The Balaban J connectivity index is 1.66. The fraction of sp³-hybridized carbons (Fsp3) is 0.409. The number of phenols is 1. The first kappa shape index (κ1) is 20.6. The number of rotatable bonds is 6. The van der Waals surface area contributed by atoms with E-state index in [2.05, 4.69) is 34.2 Å². The number of hydrogen-bond donors (Lipinski definition) is 2. The van der Waals surface area contributed by atoms with Crippen LogP contribution in [-0.2, 0) is 6.54 Å². The van der Waals surface area contributed by atoms with Crippen molar-refractivity contribution in [3.8, 4) is 17.2 Å². The smallest absolute Gasteiger partial charge is 0.194 e. The molecule has 3 rings (SSSR count). The van der Waals surface area contributed by atoms with E-state index in [-0.39, 0.29) is 5.75 Å². The normalized spacial score (nSPS) is 14.7. The maximum Gasteiger partial charge on any atom is 0.194 e. The standard InChI is InChI=1S/C22H30N4O3/c1-4-23-22(24-16-17-14-20(29-3)8-9-21(17)27)26-12-10-25(11-13-26)18-6-5-7-19(15-18)28-2/h5-9,14-15,27H,4,10-13,16H2,1-3H3,(H,23,24). The van der Waals surface area contributed by atoms with Gasteiger partial charge in [-0.3, -0.25) is 0 Å². The summed E-state index contributed by atoms with van der Waals surface area (Å²) in [6.45, 7) is 6.79. The van der Waals surface area contributed by atoms with Gasteiger partial charge in [0.1, 0.15) is 17.2 Å². The third-order valence-corrected chi connectivity index (χ3v) is 5.02. The van der Waals surface area contributed by atoms with Crippen LogP contribution in [0, 0.1) is 0 Å². The van der Waals surface area contributed by atoms with Crippen LogP contribution in [0.3, 0.4) is 0 Å². The Labute approximate surface area is 172 Å². The molecule has 1 saturated heterocycles. The fourth-order valence-electron chi connectivity index (χ4n) is 3.38. The summed E-state index contributed by atoms with van der Waals surface area (Å²) in [4.78, 5) is 9.37. The van der Waals surface area contributed by atoms with E-state index in [1.807, 2.05) is 18.2 Å². The molecule has 2 aromatic carbocycles. The van der Waals surface area contributed by atoms with Crippen LogP contribution in [0.25, 0.3) is 0 Å². The van der Waals surface area contributed by atoms with Gasteiger partial charge in [-0.1, -0.05) is 6.07 Å². The third-order valence-electron chi connectivity index (χ3n) is 5.02. The number of nitrogens with zero attached hydrogens (tertiary/aromatic N) is 3. The van der Waals surface area contributed by atoms with Gasteiger partial charge < -0.3 is 29.7 Å². The lowest BCUT2D eigenvalue weighted by Gasteiger charge is -2.37. The average molecular weight is 399 g/mol. The molecule has 1 heterocycles. The number of aromatic hydroxyl groups is 1. The summed E-state index contributed by atoms with van der Waals surface area (Å²) in [5.41, 5.74) is 1.92. The lowest BCUT2D eigenvalue weighted by molar-refractivity contribution is 0.371. The number of aliphatic imine (C=N–C) groups is 1. The molecule has 0 saturated carbocycles. The minimum atomic E-state index is 0.230. The highest BCUT2D eigenvalue weighted by atomic mass is 16.5. The van der Waals surface area contributed by atoms with Gasteiger partial charge in [0.2, 0.25) is 0 Å². The maximum atomic E-state index is 10.1. The summed E-state index contributed by atoms with van der Waals surface area (Å²) in [6, 6.07) is 13.4. The third kappa shape index (κ3) is 5.25. The van der Waals surface area contributed by atoms with Gasteiger partial charge in [0.25, 0.3) is 0 Å². The average Bonchev–Trinajstić information content (AvgIpc) is 2.77. The number of piperazine rings is 1. The number of ether oxygens (including phenoxy) is 2. The van der Waals surface area contributed by atoms with Gasteiger partial charge in [0.15, 0.2) is 5.96 Å². The highest BCUT2D eigenvalue weighted by molar-refractivity contribution is 5.80. The molecule has 29 heavy (non-hydrogen) atoms. The Bertz CT molecular complexity index is 833. The predicted molar refractivity (Wildman–Crippen MR) is 116 cm³/mol. The van der Waals surface area contributed by atoms with E-state index in [0.717, 1.165) is 50.0 Å². The number of anilines is 1. The molecular formula is C22H30N4O3. The van der Waals surface area contributed by atoms with Crippen molar-refractivity contribution in [3.05, 3.63) is 48.0 Å². The topological polar surface area (TPSA) is 69.6 Å². The molecule has 0 spiro atoms. The zero-order valence-corrected chi connectivity index (χ0v) is 17.4. The Morgan fingerprint density at radius 3 is 2.45 bits per heavy atom. The van der Waals surface area contributed by atoms with Crippen LogP contribution in [0.15, 0.2) is 47.5 Å². The van der Waals surface area contributed by atoms with Gasteiger partial charge in [-0.05, 0) is 37.3 Å². The van der Waals surface area contributed by atoms with Gasteiger partial charge in [-0.25, -0.2) is 4.99 Å². The molecule has 1 aliphatic heterocycles. The lowest BCUT2D eigenvalue weighted by Crippen LogP contribution is -2.52. The summed E-state index contributed by atoms with van der Waals surface area (Å²) in [7, 11) is 3.31. The first-order valence-electron chi connectivity index (χ1n) is 9.92. The van der Waals surface area contributed by atoms with Gasteiger partial charge in [-0.2, -0.15) is 0 Å². The highest BCUT2D eigenvalue weighted by Crippen LogP contribution is 2.24. The monoisotopic (exact) mass is 398 g/mol. The number of benzene rings is 2. The van der Waals surface area contributed by atoms with Crippen molar-refractivity contribution in [2.45, 2.75) is 13.5 Å². The van der Waals surface area contributed by atoms with Crippen LogP contribution in [-0.4, -0.2) is 62.9 Å². The molecular weight excluding hydrogens is 368 g/mol. The Morgan fingerprint density at radius 1 is 1.03 bits per heavy atom. The molecule has 0 unspecified atom stereocenters. The molecule has 156 valence electrons. The number of methoxy groups -OCH3 is 2. The second-order valence-corrected chi connectivity index (χ2v) is 6.84. The molecule has 7 heteroatoms. The number of phenolic OH excluding ortho intramolecular Hbond substituents is 1. The fourth-order valence-corrected chi connectivity index (χ4v) is 3.38. The summed E-state index contributed by atoms with van der Waals surface area (Å²) < 4.78 is 10.6. The van der Waals surface area contributed by atoms with Crippen molar-refractivity contribution in [2.75, 3.05) is 51.8 Å². The minimum Gasteiger partial charge on any atom is -0.508 e. The SMILES string of the molecule is CCNC(=NCc1cc(OC)ccc1O)N1CCN(c2cccc(OC)c2)CC1. The van der Waals surface area contributed by atoms with E-state index in [4.69, 9.17) is 14.5 Å². The van der Waals surface area contributed by atoms with Crippen molar-refractivity contribution >= 4 is 11.6 Å². The molecule has 0 radical (unpaired) electrons. The minimum absolute atomic E-state index is 0.230. The molecule has 0 atom stereocenters. The first-order chi connectivity index (χ1) is 14.1. The van der Waals surface area contributed by atoms with Crippen molar-refractivity contribution < 1.29 is 14.6 Å². The van der Waals surface area contributed by atoms with Gasteiger partial charge >= 0.3 is 0 Å². The molecule has 0 aromatic heterocycles. The van der Waals surface area contributed by atoms with E-state index >= 15 is 0 Å². The van der Waals surface area contributed by atoms with E-state index in [1.54, 1.807) is 26.4 Å². The van der Waals surface area contributed by atoms with E-state index in [1.165, 1.54) is 5.69 Å². The summed E-state index contributed by atoms with van der Waals surface area (Å²) in [5.74, 6) is 2.68. The Kier molecular flexibility index (Phi) is 7.05. The van der Waals surface area contributed by atoms with Gasteiger partial charge in [-0.15, -0.1) is 0 Å². The second kappa shape index (κ2) is 9.91. The maximum absolute atomic E-state index is 10.1. The van der Waals surface area contributed by atoms with Crippen LogP contribution in [0.1, 0.15) is 12.5 Å². The van der Waals surface area contributed by atoms with Crippen LogP contribution in [0.4, 0.5) is 5.69 Å². The second-order valence-electron chi connectivity index (χ2n) is 6.84. The van der Waals surface area contributed by atoms with Gasteiger partial charge in [0.05, 0.1) is 20.8 Å². The number of guanidine groups is 1.